The fraction of sp³-hybridized carbons (Fsp3) is 0.619. The maximum Gasteiger partial charge on any atom is 0.227 e. The number of nitrogens with zero attached hydrogens (tertiary/aromatic N) is 1. The molecule has 0 atom stereocenters. The van der Waals surface area contributed by atoms with Gasteiger partial charge in [-0.3, -0.25) is 9.59 Å². The monoisotopic (exact) mass is 344 g/mol. The SMILES string of the molecule is CCCCC1CCC(C(=O)Nc2ccc(CC(=O)N(C)C)cc2)CC1. The third-order valence-corrected chi connectivity index (χ3v) is 5.26. The van der Waals surface area contributed by atoms with E-state index < -0.39 is 0 Å². The zero-order valence-corrected chi connectivity index (χ0v) is 15.9. The van der Waals surface area contributed by atoms with Gasteiger partial charge in [-0.15, -0.1) is 0 Å². The standard InChI is InChI=1S/C21H32N2O2/c1-4-5-6-16-7-11-18(12-8-16)21(25)22-19-13-9-17(10-14-19)15-20(24)23(2)3/h9-10,13-14,16,18H,4-8,11-12,15H2,1-3H3,(H,22,25). The molecule has 4 nitrogen and oxygen atoms in total. The van der Waals surface area contributed by atoms with Crippen molar-refractivity contribution in [1.29, 1.82) is 0 Å². The number of hydrogen-bond donors (Lipinski definition) is 1. The Morgan fingerprint density at radius 1 is 1.08 bits per heavy atom. The molecule has 1 aromatic carbocycles. The van der Waals surface area contributed by atoms with Crippen LogP contribution in [-0.4, -0.2) is 30.8 Å². The molecule has 1 aliphatic rings. The van der Waals surface area contributed by atoms with E-state index in [9.17, 15) is 9.59 Å². The molecular formula is C21H32N2O2. The molecule has 4 heteroatoms. The first-order valence-corrected chi connectivity index (χ1v) is 9.59. The maximum absolute atomic E-state index is 12.5. The van der Waals surface area contributed by atoms with Crippen molar-refractivity contribution in [1.82, 2.24) is 4.90 Å². The van der Waals surface area contributed by atoms with Crippen LogP contribution in [0.25, 0.3) is 0 Å². The summed E-state index contributed by atoms with van der Waals surface area (Å²) in [6.07, 6.45) is 8.67. The molecule has 25 heavy (non-hydrogen) atoms. The van der Waals surface area contributed by atoms with E-state index in [1.54, 1.807) is 19.0 Å². The van der Waals surface area contributed by atoms with Crippen LogP contribution >= 0.6 is 0 Å². The van der Waals surface area contributed by atoms with E-state index in [4.69, 9.17) is 0 Å². The quantitative estimate of drug-likeness (QED) is 0.804. The number of anilines is 1. The molecule has 0 heterocycles. The molecule has 2 rings (SSSR count). The zero-order chi connectivity index (χ0) is 18.2. The van der Waals surface area contributed by atoms with Crippen LogP contribution in [0.15, 0.2) is 24.3 Å². The Morgan fingerprint density at radius 3 is 2.28 bits per heavy atom. The van der Waals surface area contributed by atoms with Gasteiger partial charge in [0, 0.05) is 25.7 Å². The Balaban J connectivity index is 1.80. The molecule has 0 saturated heterocycles. The lowest BCUT2D eigenvalue weighted by molar-refractivity contribution is -0.128. The van der Waals surface area contributed by atoms with Gasteiger partial charge in [0.15, 0.2) is 0 Å². The minimum Gasteiger partial charge on any atom is -0.349 e. The van der Waals surface area contributed by atoms with Gasteiger partial charge in [0.2, 0.25) is 11.8 Å². The van der Waals surface area contributed by atoms with Gasteiger partial charge >= 0.3 is 0 Å². The number of likely N-dealkylation sites (N-methyl/N-ethyl adjacent to an activating group) is 1. The number of rotatable bonds is 7. The van der Waals surface area contributed by atoms with Crippen LogP contribution in [0.2, 0.25) is 0 Å². The van der Waals surface area contributed by atoms with E-state index >= 15 is 0 Å². The van der Waals surface area contributed by atoms with E-state index in [2.05, 4.69) is 12.2 Å². The molecular weight excluding hydrogens is 312 g/mol. The van der Waals surface area contributed by atoms with E-state index in [-0.39, 0.29) is 17.7 Å². The van der Waals surface area contributed by atoms with E-state index in [0.29, 0.717) is 6.42 Å². The molecule has 0 unspecified atom stereocenters. The first-order valence-electron chi connectivity index (χ1n) is 9.59. The normalized spacial score (nSPS) is 20.1. The smallest absolute Gasteiger partial charge is 0.227 e. The van der Waals surface area contributed by atoms with E-state index in [1.165, 1.54) is 32.1 Å². The zero-order valence-electron chi connectivity index (χ0n) is 15.9. The van der Waals surface area contributed by atoms with Crippen molar-refractivity contribution < 1.29 is 9.59 Å². The second-order valence-corrected chi connectivity index (χ2v) is 7.51. The average Bonchev–Trinajstić information content (AvgIpc) is 2.61. The lowest BCUT2D eigenvalue weighted by atomic mass is 9.79. The van der Waals surface area contributed by atoms with E-state index in [1.807, 2.05) is 24.3 Å². The predicted octanol–water partition coefficient (Wildman–Crippen LogP) is 4.25. The van der Waals surface area contributed by atoms with E-state index in [0.717, 1.165) is 30.0 Å². The molecule has 1 fully saturated rings. The van der Waals surface area contributed by atoms with Gasteiger partial charge in [-0.1, -0.05) is 38.3 Å². The van der Waals surface area contributed by atoms with Gasteiger partial charge in [0.05, 0.1) is 6.42 Å². The molecule has 0 bridgehead atoms. The summed E-state index contributed by atoms with van der Waals surface area (Å²) in [7, 11) is 3.52. The van der Waals surface area contributed by atoms with Gasteiger partial charge in [-0.05, 0) is 49.3 Å². The highest BCUT2D eigenvalue weighted by Crippen LogP contribution is 2.32. The summed E-state index contributed by atoms with van der Waals surface area (Å²) >= 11 is 0. The van der Waals surface area contributed by atoms with Crippen molar-refractivity contribution >= 4 is 17.5 Å². The molecule has 1 N–H and O–H groups in total. The first-order chi connectivity index (χ1) is 12.0. The Bertz CT molecular complexity index is 558. The number of amides is 2. The van der Waals surface area contributed by atoms with Crippen molar-refractivity contribution in [3.8, 4) is 0 Å². The fourth-order valence-corrected chi connectivity index (χ4v) is 3.49. The number of hydrogen-bond acceptors (Lipinski definition) is 2. The molecule has 0 aromatic heterocycles. The van der Waals surface area contributed by atoms with Crippen LogP contribution in [-0.2, 0) is 16.0 Å². The minimum atomic E-state index is 0.0802. The summed E-state index contributed by atoms with van der Waals surface area (Å²) in [5.74, 6) is 1.19. The van der Waals surface area contributed by atoms with Crippen LogP contribution in [0, 0.1) is 11.8 Å². The van der Waals surface area contributed by atoms with Crippen molar-refractivity contribution in [3.05, 3.63) is 29.8 Å². The third kappa shape index (κ3) is 6.18. The van der Waals surface area contributed by atoms with Crippen molar-refractivity contribution in [2.45, 2.75) is 58.3 Å². The molecule has 0 spiro atoms. The topological polar surface area (TPSA) is 49.4 Å². The number of carbonyl (C=O) groups excluding carboxylic acids is 2. The molecule has 1 saturated carbocycles. The lowest BCUT2D eigenvalue weighted by Crippen LogP contribution is -2.27. The molecule has 1 aliphatic carbocycles. The number of benzene rings is 1. The molecule has 2 amide bonds. The van der Waals surface area contributed by atoms with Gasteiger partial charge < -0.3 is 10.2 Å². The second kappa shape index (κ2) is 9.59. The Morgan fingerprint density at radius 2 is 1.72 bits per heavy atom. The molecule has 0 radical (unpaired) electrons. The summed E-state index contributed by atoms with van der Waals surface area (Å²) in [5, 5.41) is 3.04. The van der Waals surface area contributed by atoms with Gasteiger partial charge in [-0.2, -0.15) is 0 Å². The lowest BCUT2D eigenvalue weighted by Gasteiger charge is -2.27. The molecule has 138 valence electrons. The summed E-state index contributed by atoms with van der Waals surface area (Å²) in [6.45, 7) is 2.24. The third-order valence-electron chi connectivity index (χ3n) is 5.26. The summed E-state index contributed by atoms with van der Waals surface area (Å²) < 4.78 is 0. The summed E-state index contributed by atoms with van der Waals surface area (Å²) in [5.41, 5.74) is 1.78. The number of nitrogens with one attached hydrogen (secondary N) is 1. The predicted molar refractivity (Wildman–Crippen MR) is 102 cm³/mol. The Hall–Kier alpha value is -1.84. The van der Waals surface area contributed by atoms with Crippen LogP contribution in [0.5, 0.6) is 0 Å². The van der Waals surface area contributed by atoms with Gasteiger partial charge in [0.1, 0.15) is 0 Å². The highest BCUT2D eigenvalue weighted by atomic mass is 16.2. The number of carbonyl (C=O) groups is 2. The van der Waals surface area contributed by atoms with Crippen LogP contribution in [0.3, 0.4) is 0 Å². The van der Waals surface area contributed by atoms with Crippen molar-refractivity contribution in [3.63, 3.8) is 0 Å². The van der Waals surface area contributed by atoms with Crippen molar-refractivity contribution in [2.75, 3.05) is 19.4 Å². The molecule has 1 aromatic rings. The largest absolute Gasteiger partial charge is 0.349 e. The highest BCUT2D eigenvalue weighted by Gasteiger charge is 2.25. The first kappa shape index (κ1) is 19.5. The summed E-state index contributed by atoms with van der Waals surface area (Å²) in [6, 6.07) is 7.61. The van der Waals surface area contributed by atoms with Gasteiger partial charge in [-0.25, -0.2) is 0 Å². The second-order valence-electron chi connectivity index (χ2n) is 7.51. The number of unbranched alkanes of at least 4 members (excludes halogenated alkanes) is 1. The van der Waals surface area contributed by atoms with Crippen LogP contribution in [0.4, 0.5) is 5.69 Å². The van der Waals surface area contributed by atoms with Crippen LogP contribution in [0.1, 0.15) is 57.4 Å². The average molecular weight is 344 g/mol. The highest BCUT2D eigenvalue weighted by molar-refractivity contribution is 5.92. The van der Waals surface area contributed by atoms with Gasteiger partial charge in [0.25, 0.3) is 0 Å². The summed E-state index contributed by atoms with van der Waals surface area (Å²) in [4.78, 5) is 25.8. The Labute approximate surface area is 152 Å². The fourth-order valence-electron chi connectivity index (χ4n) is 3.49. The Kier molecular flexibility index (Phi) is 7.48. The van der Waals surface area contributed by atoms with Crippen molar-refractivity contribution in [2.24, 2.45) is 11.8 Å². The minimum absolute atomic E-state index is 0.0802. The van der Waals surface area contributed by atoms with Crippen LogP contribution < -0.4 is 5.32 Å². The molecule has 0 aliphatic heterocycles. The maximum atomic E-state index is 12.5.